The summed E-state index contributed by atoms with van der Waals surface area (Å²) in [5, 5.41) is 12.3. The fraction of sp³-hybridized carbons (Fsp3) is 0.0714. The Hall–Kier alpha value is -2.05. The second kappa shape index (κ2) is 5.07. The molecule has 0 saturated heterocycles. The molecule has 0 heterocycles. The number of aryl methyl sites for hydroxylation is 1. The second-order valence-electron chi connectivity index (χ2n) is 3.94. The molecule has 1 N–H and O–H groups in total. The van der Waals surface area contributed by atoms with Crippen molar-refractivity contribution in [1.29, 1.82) is 5.26 Å². The Kier molecular flexibility index (Phi) is 3.50. The normalized spacial score (nSPS) is 9.89. The molecule has 0 aliphatic heterocycles. The van der Waals surface area contributed by atoms with Gasteiger partial charge in [0.25, 0.3) is 0 Å². The number of halogens is 2. The van der Waals surface area contributed by atoms with E-state index in [1.807, 2.05) is 13.0 Å². The minimum absolute atomic E-state index is 0.308. The zero-order chi connectivity index (χ0) is 13.1. The molecule has 0 spiro atoms. The van der Waals surface area contributed by atoms with Crippen molar-refractivity contribution in [1.82, 2.24) is 0 Å². The molecule has 0 unspecified atom stereocenters. The molecule has 0 aliphatic carbocycles. The van der Waals surface area contributed by atoms with Gasteiger partial charge in [0, 0.05) is 10.7 Å². The van der Waals surface area contributed by atoms with Crippen molar-refractivity contribution in [2.45, 2.75) is 6.92 Å². The Morgan fingerprint density at radius 1 is 1.22 bits per heavy atom. The highest BCUT2D eigenvalue weighted by atomic mass is 35.5. The molecular formula is C14H10ClFN2. The van der Waals surface area contributed by atoms with Gasteiger partial charge in [-0.1, -0.05) is 17.7 Å². The highest BCUT2D eigenvalue weighted by Gasteiger charge is 2.04. The van der Waals surface area contributed by atoms with Crippen LogP contribution in [0, 0.1) is 24.1 Å². The van der Waals surface area contributed by atoms with E-state index in [4.69, 9.17) is 16.9 Å². The maximum atomic E-state index is 13.2. The van der Waals surface area contributed by atoms with Gasteiger partial charge in [-0.05, 0) is 42.8 Å². The lowest BCUT2D eigenvalue weighted by molar-refractivity contribution is 0.628. The fourth-order valence-corrected chi connectivity index (χ4v) is 1.86. The highest BCUT2D eigenvalue weighted by Crippen LogP contribution is 2.24. The number of benzene rings is 2. The van der Waals surface area contributed by atoms with Crippen LogP contribution in [-0.2, 0) is 0 Å². The monoisotopic (exact) mass is 260 g/mol. The maximum Gasteiger partial charge on any atom is 0.126 e. The van der Waals surface area contributed by atoms with Crippen LogP contribution in [0.1, 0.15) is 11.1 Å². The fourth-order valence-electron chi connectivity index (χ4n) is 1.64. The second-order valence-corrected chi connectivity index (χ2v) is 4.38. The van der Waals surface area contributed by atoms with Gasteiger partial charge in [0.2, 0.25) is 0 Å². The Balaban J connectivity index is 2.37. The van der Waals surface area contributed by atoms with Crippen molar-refractivity contribution in [3.05, 3.63) is 58.4 Å². The Bertz CT molecular complexity index is 612. The van der Waals surface area contributed by atoms with E-state index in [1.165, 1.54) is 12.1 Å². The van der Waals surface area contributed by atoms with Crippen LogP contribution < -0.4 is 5.32 Å². The van der Waals surface area contributed by atoms with E-state index in [9.17, 15) is 4.39 Å². The molecular weight excluding hydrogens is 251 g/mol. The van der Waals surface area contributed by atoms with Crippen LogP contribution >= 0.6 is 11.6 Å². The van der Waals surface area contributed by atoms with E-state index in [-0.39, 0.29) is 0 Å². The van der Waals surface area contributed by atoms with E-state index in [1.54, 1.807) is 18.2 Å². The lowest BCUT2D eigenvalue weighted by Crippen LogP contribution is -1.95. The predicted octanol–water partition coefficient (Wildman–Crippen LogP) is 4.40. The van der Waals surface area contributed by atoms with Gasteiger partial charge in [-0.3, -0.25) is 0 Å². The molecule has 0 atom stereocenters. The first-order valence-electron chi connectivity index (χ1n) is 5.32. The number of hydrogen-bond acceptors (Lipinski definition) is 2. The van der Waals surface area contributed by atoms with Crippen LogP contribution in [0.15, 0.2) is 36.4 Å². The minimum atomic E-state index is -0.421. The number of anilines is 2. The molecule has 0 radical (unpaired) electrons. The largest absolute Gasteiger partial charge is 0.354 e. The third-order valence-electron chi connectivity index (χ3n) is 2.44. The summed E-state index contributed by atoms with van der Waals surface area (Å²) < 4.78 is 13.2. The zero-order valence-electron chi connectivity index (χ0n) is 9.67. The standard InChI is InChI=1S/C14H10ClFN2/c1-9-2-3-14(10(4-9)8-17)18-13-6-11(15)5-12(16)7-13/h2-7,18H,1H3. The van der Waals surface area contributed by atoms with E-state index >= 15 is 0 Å². The minimum Gasteiger partial charge on any atom is -0.354 e. The summed E-state index contributed by atoms with van der Waals surface area (Å²) in [6, 6.07) is 11.7. The van der Waals surface area contributed by atoms with Crippen molar-refractivity contribution in [3.8, 4) is 6.07 Å². The number of nitriles is 1. The first kappa shape index (κ1) is 12.4. The molecule has 90 valence electrons. The van der Waals surface area contributed by atoms with Gasteiger partial charge in [0.15, 0.2) is 0 Å². The summed E-state index contributed by atoms with van der Waals surface area (Å²) in [6.07, 6.45) is 0. The Morgan fingerprint density at radius 2 is 2.00 bits per heavy atom. The zero-order valence-corrected chi connectivity index (χ0v) is 10.4. The van der Waals surface area contributed by atoms with Crippen molar-refractivity contribution in [3.63, 3.8) is 0 Å². The summed E-state index contributed by atoms with van der Waals surface area (Å²) in [7, 11) is 0. The molecule has 2 aromatic rings. The molecule has 4 heteroatoms. The lowest BCUT2D eigenvalue weighted by atomic mass is 10.1. The first-order chi connectivity index (χ1) is 8.58. The summed E-state index contributed by atoms with van der Waals surface area (Å²) in [4.78, 5) is 0. The average Bonchev–Trinajstić information content (AvgIpc) is 2.30. The summed E-state index contributed by atoms with van der Waals surface area (Å²) in [6.45, 7) is 1.91. The van der Waals surface area contributed by atoms with Crippen molar-refractivity contribution in [2.75, 3.05) is 5.32 Å². The molecule has 0 aliphatic rings. The van der Waals surface area contributed by atoms with Crippen LogP contribution in [0.3, 0.4) is 0 Å². The van der Waals surface area contributed by atoms with E-state index in [2.05, 4.69) is 11.4 Å². The van der Waals surface area contributed by atoms with Gasteiger partial charge in [-0.2, -0.15) is 5.26 Å². The van der Waals surface area contributed by atoms with Crippen LogP contribution in [0.2, 0.25) is 5.02 Å². The van der Waals surface area contributed by atoms with E-state index in [0.717, 1.165) is 5.56 Å². The van der Waals surface area contributed by atoms with Gasteiger partial charge < -0.3 is 5.32 Å². The molecule has 0 saturated carbocycles. The predicted molar refractivity (Wildman–Crippen MR) is 70.6 cm³/mol. The topological polar surface area (TPSA) is 35.8 Å². The van der Waals surface area contributed by atoms with Gasteiger partial charge in [-0.25, -0.2) is 4.39 Å². The Morgan fingerprint density at radius 3 is 2.67 bits per heavy atom. The number of nitrogens with one attached hydrogen (secondary N) is 1. The van der Waals surface area contributed by atoms with Gasteiger partial charge in [0.05, 0.1) is 11.3 Å². The van der Waals surface area contributed by atoms with Gasteiger partial charge >= 0.3 is 0 Å². The molecule has 2 nitrogen and oxygen atoms in total. The molecule has 18 heavy (non-hydrogen) atoms. The van der Waals surface area contributed by atoms with Crippen molar-refractivity contribution < 1.29 is 4.39 Å². The van der Waals surface area contributed by atoms with E-state index in [0.29, 0.717) is 22.0 Å². The third-order valence-corrected chi connectivity index (χ3v) is 2.66. The average molecular weight is 261 g/mol. The summed E-state index contributed by atoms with van der Waals surface area (Å²) >= 11 is 5.77. The van der Waals surface area contributed by atoms with Crippen LogP contribution in [0.5, 0.6) is 0 Å². The lowest BCUT2D eigenvalue weighted by Gasteiger charge is -2.09. The van der Waals surface area contributed by atoms with Gasteiger partial charge in [-0.15, -0.1) is 0 Å². The smallest absolute Gasteiger partial charge is 0.126 e. The van der Waals surface area contributed by atoms with Crippen molar-refractivity contribution >= 4 is 23.0 Å². The first-order valence-corrected chi connectivity index (χ1v) is 5.70. The molecule has 2 aromatic carbocycles. The highest BCUT2D eigenvalue weighted by molar-refractivity contribution is 6.30. The molecule has 0 fully saturated rings. The number of rotatable bonds is 2. The van der Waals surface area contributed by atoms with Crippen LogP contribution in [0.25, 0.3) is 0 Å². The summed E-state index contributed by atoms with van der Waals surface area (Å²) in [5.41, 5.74) is 2.65. The molecule has 0 bridgehead atoms. The SMILES string of the molecule is Cc1ccc(Nc2cc(F)cc(Cl)c2)c(C#N)c1. The van der Waals surface area contributed by atoms with E-state index < -0.39 is 5.82 Å². The van der Waals surface area contributed by atoms with Gasteiger partial charge in [0.1, 0.15) is 11.9 Å². The maximum absolute atomic E-state index is 13.2. The van der Waals surface area contributed by atoms with Crippen molar-refractivity contribution in [2.24, 2.45) is 0 Å². The summed E-state index contributed by atoms with van der Waals surface area (Å²) in [5.74, 6) is -0.421. The molecule has 0 amide bonds. The Labute approximate surface area is 110 Å². The number of nitrogens with zero attached hydrogens (tertiary/aromatic N) is 1. The molecule has 0 aromatic heterocycles. The third kappa shape index (κ3) is 2.79. The van der Waals surface area contributed by atoms with Crippen LogP contribution in [-0.4, -0.2) is 0 Å². The molecule has 2 rings (SSSR count). The quantitative estimate of drug-likeness (QED) is 0.869. The number of hydrogen-bond donors (Lipinski definition) is 1. The van der Waals surface area contributed by atoms with Crippen LogP contribution in [0.4, 0.5) is 15.8 Å².